The second-order valence-corrected chi connectivity index (χ2v) is 5.35. The highest BCUT2D eigenvalue weighted by Gasteiger charge is 2.37. The van der Waals surface area contributed by atoms with Gasteiger partial charge in [-0.1, -0.05) is 40.2 Å². The zero-order valence-electron chi connectivity index (χ0n) is 8.25. The topological polar surface area (TPSA) is 0 Å². The predicted molar refractivity (Wildman–Crippen MR) is 63.1 cm³/mol. The van der Waals surface area contributed by atoms with Gasteiger partial charge in [-0.25, -0.2) is 0 Å². The summed E-state index contributed by atoms with van der Waals surface area (Å²) < 4.78 is 0. The number of hydrogen-bond donors (Lipinski definition) is 0. The molecule has 2 aliphatic carbocycles. The van der Waals surface area contributed by atoms with Gasteiger partial charge in [-0.15, -0.1) is 0 Å². The highest BCUT2D eigenvalue weighted by molar-refractivity contribution is 9.09. The molecule has 2 aliphatic rings. The summed E-state index contributed by atoms with van der Waals surface area (Å²) in [5, 5.41) is 1.17. The molecule has 0 bridgehead atoms. The Morgan fingerprint density at radius 1 is 1.21 bits per heavy atom. The second-order valence-electron chi connectivity index (χ2n) is 4.70. The SMILES string of the molecule is BrCC1CC1c1cccc(C2CC2)c1. The number of halogens is 1. The van der Waals surface area contributed by atoms with Crippen LogP contribution in [0.2, 0.25) is 0 Å². The van der Waals surface area contributed by atoms with Crippen LogP contribution in [0.1, 0.15) is 42.2 Å². The van der Waals surface area contributed by atoms with Crippen LogP contribution in [0.4, 0.5) is 0 Å². The van der Waals surface area contributed by atoms with Crippen LogP contribution in [0.25, 0.3) is 0 Å². The third-order valence-corrected chi connectivity index (χ3v) is 4.34. The Balaban J connectivity index is 1.81. The minimum atomic E-state index is 0.855. The average molecular weight is 251 g/mol. The molecule has 2 unspecified atom stereocenters. The summed E-state index contributed by atoms with van der Waals surface area (Å²) in [6.45, 7) is 0. The zero-order chi connectivity index (χ0) is 9.54. The van der Waals surface area contributed by atoms with Gasteiger partial charge >= 0.3 is 0 Å². The van der Waals surface area contributed by atoms with E-state index in [9.17, 15) is 0 Å². The van der Waals surface area contributed by atoms with Crippen molar-refractivity contribution >= 4 is 15.9 Å². The molecule has 0 saturated heterocycles. The van der Waals surface area contributed by atoms with Gasteiger partial charge in [0.1, 0.15) is 0 Å². The van der Waals surface area contributed by atoms with Crippen LogP contribution in [-0.2, 0) is 0 Å². The minimum Gasteiger partial charge on any atom is -0.0925 e. The lowest BCUT2D eigenvalue weighted by Gasteiger charge is -2.02. The zero-order valence-corrected chi connectivity index (χ0v) is 9.83. The Labute approximate surface area is 93.8 Å². The summed E-state index contributed by atoms with van der Waals surface area (Å²) in [7, 11) is 0. The van der Waals surface area contributed by atoms with Crippen molar-refractivity contribution in [2.75, 3.05) is 5.33 Å². The summed E-state index contributed by atoms with van der Waals surface area (Å²) in [5.41, 5.74) is 3.17. The van der Waals surface area contributed by atoms with Crippen molar-refractivity contribution in [2.45, 2.75) is 31.1 Å². The molecule has 2 fully saturated rings. The van der Waals surface area contributed by atoms with E-state index in [1.54, 1.807) is 11.1 Å². The molecule has 0 N–H and O–H groups in total. The summed E-state index contributed by atoms with van der Waals surface area (Å²) in [6.07, 6.45) is 4.21. The van der Waals surface area contributed by atoms with Crippen LogP contribution in [0.15, 0.2) is 24.3 Å². The van der Waals surface area contributed by atoms with Crippen molar-refractivity contribution in [2.24, 2.45) is 5.92 Å². The van der Waals surface area contributed by atoms with E-state index in [0.29, 0.717) is 0 Å². The number of hydrogen-bond acceptors (Lipinski definition) is 0. The van der Waals surface area contributed by atoms with E-state index < -0.39 is 0 Å². The van der Waals surface area contributed by atoms with E-state index in [2.05, 4.69) is 40.2 Å². The van der Waals surface area contributed by atoms with Gasteiger partial charge in [0.2, 0.25) is 0 Å². The maximum absolute atomic E-state index is 3.57. The standard InChI is InChI=1S/C13H15Br/c14-8-12-7-13(12)11-3-1-2-10(6-11)9-4-5-9/h1-3,6,9,12-13H,4-5,7-8H2. The summed E-state index contributed by atoms with van der Waals surface area (Å²) in [5.74, 6) is 2.66. The Morgan fingerprint density at radius 2 is 2.00 bits per heavy atom. The van der Waals surface area contributed by atoms with Gasteiger partial charge in [-0.05, 0) is 48.1 Å². The Bertz CT molecular complexity index is 341. The Morgan fingerprint density at radius 3 is 2.64 bits per heavy atom. The predicted octanol–water partition coefficient (Wildman–Crippen LogP) is 4.06. The molecular weight excluding hydrogens is 236 g/mol. The Kier molecular flexibility index (Phi) is 2.16. The van der Waals surface area contributed by atoms with Crippen LogP contribution < -0.4 is 0 Å². The number of alkyl halides is 1. The van der Waals surface area contributed by atoms with E-state index in [0.717, 1.165) is 17.8 Å². The normalized spacial score (nSPS) is 30.4. The number of rotatable bonds is 3. The molecule has 0 heterocycles. The molecule has 2 saturated carbocycles. The van der Waals surface area contributed by atoms with Crippen LogP contribution in [0, 0.1) is 5.92 Å². The van der Waals surface area contributed by atoms with Gasteiger partial charge in [0.15, 0.2) is 0 Å². The van der Waals surface area contributed by atoms with Crippen LogP contribution in [0.3, 0.4) is 0 Å². The Hall–Kier alpha value is -0.300. The maximum atomic E-state index is 3.57. The molecule has 1 aromatic rings. The first-order valence-corrected chi connectivity index (χ1v) is 6.66. The molecule has 74 valence electrons. The van der Waals surface area contributed by atoms with E-state index in [1.165, 1.54) is 24.6 Å². The molecule has 14 heavy (non-hydrogen) atoms. The molecule has 0 aliphatic heterocycles. The molecule has 2 atom stereocenters. The first-order chi connectivity index (χ1) is 6.88. The van der Waals surface area contributed by atoms with Crippen LogP contribution >= 0.6 is 15.9 Å². The largest absolute Gasteiger partial charge is 0.0925 e. The van der Waals surface area contributed by atoms with E-state index >= 15 is 0 Å². The summed E-state index contributed by atoms with van der Waals surface area (Å²) in [4.78, 5) is 0. The molecule has 1 heteroatoms. The lowest BCUT2D eigenvalue weighted by Crippen LogP contribution is -1.87. The van der Waals surface area contributed by atoms with Gasteiger partial charge < -0.3 is 0 Å². The lowest BCUT2D eigenvalue weighted by atomic mass is 10.0. The second kappa shape index (κ2) is 3.37. The van der Waals surface area contributed by atoms with Crippen molar-refractivity contribution in [1.82, 2.24) is 0 Å². The number of benzene rings is 1. The molecule has 0 spiro atoms. The summed E-state index contributed by atoms with van der Waals surface area (Å²) >= 11 is 3.57. The monoisotopic (exact) mass is 250 g/mol. The summed E-state index contributed by atoms with van der Waals surface area (Å²) in [6, 6.07) is 9.30. The fourth-order valence-electron chi connectivity index (χ4n) is 2.29. The van der Waals surface area contributed by atoms with Gasteiger partial charge in [0.25, 0.3) is 0 Å². The van der Waals surface area contributed by atoms with E-state index in [4.69, 9.17) is 0 Å². The average Bonchev–Trinajstić information content (AvgIpc) is 3.11. The molecule has 1 aromatic carbocycles. The van der Waals surface area contributed by atoms with E-state index in [-0.39, 0.29) is 0 Å². The van der Waals surface area contributed by atoms with Crippen molar-refractivity contribution in [1.29, 1.82) is 0 Å². The maximum Gasteiger partial charge on any atom is 0.00657 e. The minimum absolute atomic E-state index is 0.855. The molecule has 0 radical (unpaired) electrons. The highest BCUT2D eigenvalue weighted by Crippen LogP contribution is 2.49. The van der Waals surface area contributed by atoms with Gasteiger partial charge in [-0.2, -0.15) is 0 Å². The van der Waals surface area contributed by atoms with Crippen molar-refractivity contribution in [3.05, 3.63) is 35.4 Å². The van der Waals surface area contributed by atoms with Crippen molar-refractivity contribution in [3.8, 4) is 0 Å². The van der Waals surface area contributed by atoms with Crippen molar-refractivity contribution in [3.63, 3.8) is 0 Å². The highest BCUT2D eigenvalue weighted by atomic mass is 79.9. The lowest BCUT2D eigenvalue weighted by molar-refractivity contribution is 0.932. The molecule has 0 amide bonds. The van der Waals surface area contributed by atoms with E-state index in [1.807, 2.05) is 0 Å². The molecule has 0 aromatic heterocycles. The van der Waals surface area contributed by atoms with Gasteiger partial charge in [-0.3, -0.25) is 0 Å². The molecule has 0 nitrogen and oxygen atoms in total. The third kappa shape index (κ3) is 1.63. The van der Waals surface area contributed by atoms with Gasteiger partial charge in [0, 0.05) is 5.33 Å². The smallest absolute Gasteiger partial charge is 0.00657 e. The fourth-order valence-corrected chi connectivity index (χ4v) is 3.00. The van der Waals surface area contributed by atoms with Crippen molar-refractivity contribution < 1.29 is 0 Å². The first kappa shape index (κ1) is 8.96. The molecule has 3 rings (SSSR count). The first-order valence-electron chi connectivity index (χ1n) is 5.54. The quantitative estimate of drug-likeness (QED) is 0.710. The molecular formula is C13H15Br. The third-order valence-electron chi connectivity index (χ3n) is 3.51. The van der Waals surface area contributed by atoms with Crippen LogP contribution in [0.5, 0.6) is 0 Å². The fraction of sp³-hybridized carbons (Fsp3) is 0.538. The van der Waals surface area contributed by atoms with Crippen LogP contribution in [-0.4, -0.2) is 5.33 Å². The van der Waals surface area contributed by atoms with Gasteiger partial charge in [0.05, 0.1) is 0 Å².